The van der Waals surface area contributed by atoms with E-state index in [0.717, 1.165) is 5.75 Å². The van der Waals surface area contributed by atoms with Crippen LogP contribution in [-0.4, -0.2) is 37.0 Å². The Hall–Kier alpha value is -1.26. The van der Waals surface area contributed by atoms with Gasteiger partial charge in [-0.3, -0.25) is 4.79 Å². The van der Waals surface area contributed by atoms with E-state index >= 15 is 0 Å². The Labute approximate surface area is 127 Å². The quantitative estimate of drug-likeness (QED) is 0.877. The van der Waals surface area contributed by atoms with Crippen molar-refractivity contribution in [3.05, 3.63) is 29.3 Å². The molecule has 1 unspecified atom stereocenters. The molecule has 0 aromatic heterocycles. The van der Waals surface area contributed by atoms with Gasteiger partial charge in [-0.2, -0.15) is 0 Å². The lowest BCUT2D eigenvalue weighted by Crippen LogP contribution is -2.40. The molecular formula is C15H25ClN2O2. The van der Waals surface area contributed by atoms with Crippen molar-refractivity contribution in [2.75, 3.05) is 20.2 Å². The predicted octanol–water partition coefficient (Wildman–Crippen LogP) is 2.30. The van der Waals surface area contributed by atoms with E-state index in [-0.39, 0.29) is 24.4 Å². The number of likely N-dealkylation sites (N-methyl/N-ethyl adjacent to an activating group) is 1. The van der Waals surface area contributed by atoms with Gasteiger partial charge in [0.1, 0.15) is 5.75 Å². The van der Waals surface area contributed by atoms with Crippen molar-refractivity contribution < 1.29 is 9.53 Å². The Morgan fingerprint density at radius 3 is 2.55 bits per heavy atom. The Morgan fingerprint density at radius 1 is 1.35 bits per heavy atom. The van der Waals surface area contributed by atoms with Crippen LogP contribution in [0, 0.1) is 13.8 Å². The minimum Gasteiger partial charge on any atom is -0.493 e. The number of amides is 1. The summed E-state index contributed by atoms with van der Waals surface area (Å²) < 4.78 is 5.60. The molecule has 2 N–H and O–H groups in total. The second-order valence-corrected chi connectivity index (χ2v) is 4.93. The summed E-state index contributed by atoms with van der Waals surface area (Å²) in [7, 11) is 1.77. The molecule has 0 saturated heterocycles. The molecule has 0 radical (unpaired) electrons. The summed E-state index contributed by atoms with van der Waals surface area (Å²) in [6.07, 6.45) is 0.369. The van der Waals surface area contributed by atoms with E-state index in [0.29, 0.717) is 19.6 Å². The van der Waals surface area contributed by atoms with E-state index < -0.39 is 0 Å². The van der Waals surface area contributed by atoms with Crippen LogP contribution in [0.2, 0.25) is 0 Å². The second kappa shape index (κ2) is 8.82. The van der Waals surface area contributed by atoms with Crippen molar-refractivity contribution >= 4 is 18.3 Å². The zero-order valence-corrected chi connectivity index (χ0v) is 13.5. The van der Waals surface area contributed by atoms with Gasteiger partial charge in [0.25, 0.3) is 0 Å². The van der Waals surface area contributed by atoms with Gasteiger partial charge >= 0.3 is 0 Å². The topological polar surface area (TPSA) is 55.6 Å². The Bertz CT molecular complexity index is 438. The lowest BCUT2D eigenvalue weighted by Gasteiger charge is -2.23. The first-order chi connectivity index (χ1) is 8.95. The molecule has 20 heavy (non-hydrogen) atoms. The zero-order valence-electron chi connectivity index (χ0n) is 12.7. The molecule has 114 valence electrons. The zero-order chi connectivity index (χ0) is 14.4. The number of hydrogen-bond donors (Lipinski definition) is 1. The first kappa shape index (κ1) is 18.7. The third-order valence-electron chi connectivity index (χ3n) is 3.46. The fourth-order valence-corrected chi connectivity index (χ4v) is 1.64. The highest BCUT2D eigenvalue weighted by Crippen LogP contribution is 2.16. The van der Waals surface area contributed by atoms with Crippen molar-refractivity contribution in [3.8, 4) is 5.75 Å². The average Bonchev–Trinajstić information content (AvgIpc) is 2.40. The number of rotatable bonds is 6. The van der Waals surface area contributed by atoms with E-state index in [4.69, 9.17) is 10.5 Å². The van der Waals surface area contributed by atoms with Crippen LogP contribution in [0.1, 0.15) is 24.5 Å². The van der Waals surface area contributed by atoms with Crippen LogP contribution in [0.5, 0.6) is 5.75 Å². The second-order valence-electron chi connectivity index (χ2n) is 4.93. The molecule has 0 fully saturated rings. The minimum absolute atomic E-state index is 0. The van der Waals surface area contributed by atoms with Crippen molar-refractivity contribution in [2.24, 2.45) is 5.73 Å². The summed E-state index contributed by atoms with van der Waals surface area (Å²) in [5.74, 6) is 0.868. The number of carbonyl (C=O) groups excluding carboxylic acids is 1. The van der Waals surface area contributed by atoms with Gasteiger partial charge < -0.3 is 15.4 Å². The molecule has 0 bridgehead atoms. The molecule has 1 atom stereocenters. The number of nitrogens with two attached hydrogens (primary N) is 1. The van der Waals surface area contributed by atoms with Crippen LogP contribution in [0.4, 0.5) is 0 Å². The third kappa shape index (κ3) is 5.39. The first-order valence-corrected chi connectivity index (χ1v) is 6.61. The highest BCUT2D eigenvalue weighted by atomic mass is 35.5. The third-order valence-corrected chi connectivity index (χ3v) is 3.46. The Morgan fingerprint density at radius 2 is 2.00 bits per heavy atom. The number of carbonyl (C=O) groups is 1. The number of nitrogens with zero attached hydrogens (tertiary/aromatic N) is 1. The van der Waals surface area contributed by atoms with E-state index in [2.05, 4.69) is 6.92 Å². The maximum Gasteiger partial charge on any atom is 0.226 e. The van der Waals surface area contributed by atoms with Gasteiger partial charge in [-0.15, -0.1) is 12.4 Å². The largest absolute Gasteiger partial charge is 0.493 e. The minimum atomic E-state index is 0. The van der Waals surface area contributed by atoms with Gasteiger partial charge in [-0.1, -0.05) is 6.07 Å². The van der Waals surface area contributed by atoms with E-state index in [1.54, 1.807) is 11.9 Å². The fraction of sp³-hybridized carbons (Fsp3) is 0.533. The molecule has 4 nitrogen and oxygen atoms in total. The van der Waals surface area contributed by atoms with Gasteiger partial charge in [0, 0.05) is 19.6 Å². The Balaban J connectivity index is 0.00000361. The summed E-state index contributed by atoms with van der Waals surface area (Å²) >= 11 is 0. The van der Waals surface area contributed by atoms with Crippen LogP contribution >= 0.6 is 12.4 Å². The number of ether oxygens (including phenoxy) is 1. The molecule has 0 aliphatic carbocycles. The van der Waals surface area contributed by atoms with Gasteiger partial charge in [-0.05, 0) is 44.0 Å². The Kier molecular flexibility index (Phi) is 8.26. The predicted molar refractivity (Wildman–Crippen MR) is 84.6 cm³/mol. The maximum atomic E-state index is 11.8. The summed E-state index contributed by atoms with van der Waals surface area (Å²) in [5.41, 5.74) is 7.96. The SMILES string of the molecule is Cc1ccc(OCCC(=O)N(C)C(C)CN)cc1C.Cl. The number of halogens is 1. The monoisotopic (exact) mass is 300 g/mol. The van der Waals surface area contributed by atoms with Crippen molar-refractivity contribution in [3.63, 3.8) is 0 Å². The molecule has 1 aromatic rings. The normalized spacial score (nSPS) is 11.4. The summed E-state index contributed by atoms with van der Waals surface area (Å²) in [6, 6.07) is 6.01. The first-order valence-electron chi connectivity index (χ1n) is 6.61. The van der Waals surface area contributed by atoms with Crippen LogP contribution < -0.4 is 10.5 Å². The molecule has 5 heteroatoms. The summed E-state index contributed by atoms with van der Waals surface area (Å²) in [6.45, 7) is 6.90. The van der Waals surface area contributed by atoms with Crippen molar-refractivity contribution in [2.45, 2.75) is 33.2 Å². The molecule has 0 aliphatic heterocycles. The van der Waals surface area contributed by atoms with Crippen LogP contribution in [0.25, 0.3) is 0 Å². The van der Waals surface area contributed by atoms with Gasteiger partial charge in [0.2, 0.25) is 5.91 Å². The summed E-state index contributed by atoms with van der Waals surface area (Å²) in [4.78, 5) is 13.5. The number of aryl methyl sites for hydroxylation is 2. The van der Waals surface area contributed by atoms with Crippen LogP contribution in [0.15, 0.2) is 18.2 Å². The van der Waals surface area contributed by atoms with Crippen LogP contribution in [0.3, 0.4) is 0 Å². The van der Waals surface area contributed by atoms with Gasteiger partial charge in [0.15, 0.2) is 0 Å². The maximum absolute atomic E-state index is 11.8. The molecular weight excluding hydrogens is 276 g/mol. The van der Waals surface area contributed by atoms with Crippen LogP contribution in [-0.2, 0) is 4.79 Å². The highest BCUT2D eigenvalue weighted by molar-refractivity contribution is 5.85. The van der Waals surface area contributed by atoms with E-state index in [1.165, 1.54) is 11.1 Å². The lowest BCUT2D eigenvalue weighted by molar-refractivity contribution is -0.132. The van der Waals surface area contributed by atoms with Gasteiger partial charge in [0.05, 0.1) is 13.0 Å². The highest BCUT2D eigenvalue weighted by Gasteiger charge is 2.13. The molecule has 0 saturated carbocycles. The smallest absolute Gasteiger partial charge is 0.226 e. The number of benzene rings is 1. The number of hydrogen-bond acceptors (Lipinski definition) is 3. The van der Waals surface area contributed by atoms with Crippen molar-refractivity contribution in [1.29, 1.82) is 0 Å². The lowest BCUT2D eigenvalue weighted by atomic mass is 10.1. The molecule has 0 spiro atoms. The van der Waals surface area contributed by atoms with E-state index in [9.17, 15) is 4.79 Å². The molecule has 0 aliphatic rings. The summed E-state index contributed by atoms with van der Waals surface area (Å²) in [5, 5.41) is 0. The average molecular weight is 301 g/mol. The van der Waals surface area contributed by atoms with Gasteiger partial charge in [-0.25, -0.2) is 0 Å². The molecule has 1 amide bonds. The van der Waals surface area contributed by atoms with E-state index in [1.807, 2.05) is 32.0 Å². The van der Waals surface area contributed by atoms with Crippen molar-refractivity contribution in [1.82, 2.24) is 4.90 Å². The molecule has 1 aromatic carbocycles. The molecule has 0 heterocycles. The molecule has 1 rings (SSSR count). The standard InChI is InChI=1S/C15H24N2O2.ClH/c1-11-5-6-14(9-12(11)2)19-8-7-15(18)17(4)13(3)10-16;/h5-6,9,13H,7-8,10,16H2,1-4H3;1H. The fourth-order valence-electron chi connectivity index (χ4n) is 1.64.